The fraction of sp³-hybridized carbons (Fsp3) is 0.400. The van der Waals surface area contributed by atoms with Crippen LogP contribution in [0.25, 0.3) is 0 Å². The normalized spacial score (nSPS) is 19.8. The highest BCUT2D eigenvalue weighted by atomic mass is 35.5. The van der Waals surface area contributed by atoms with E-state index in [9.17, 15) is 4.79 Å². The van der Waals surface area contributed by atoms with Crippen LogP contribution in [-0.2, 0) is 4.79 Å². The summed E-state index contributed by atoms with van der Waals surface area (Å²) in [5, 5.41) is 6.39. The van der Waals surface area contributed by atoms with Crippen molar-refractivity contribution in [1.82, 2.24) is 10.3 Å². The van der Waals surface area contributed by atoms with Crippen LogP contribution in [-0.4, -0.2) is 28.6 Å². The average Bonchev–Trinajstić information content (AvgIpc) is 2.75. The first-order chi connectivity index (χ1) is 7.66. The van der Waals surface area contributed by atoms with Gasteiger partial charge in [-0.15, -0.1) is 11.8 Å². The summed E-state index contributed by atoms with van der Waals surface area (Å²) >= 11 is 7.46. The second kappa shape index (κ2) is 5.03. The highest BCUT2D eigenvalue weighted by Gasteiger charge is 2.22. The van der Waals surface area contributed by atoms with E-state index >= 15 is 0 Å². The summed E-state index contributed by atoms with van der Waals surface area (Å²) in [6.45, 7) is 1.82. The van der Waals surface area contributed by atoms with Crippen molar-refractivity contribution >= 4 is 35.0 Å². The molecule has 4 nitrogen and oxygen atoms in total. The molecule has 1 aromatic rings. The van der Waals surface area contributed by atoms with Gasteiger partial charge in [-0.05, 0) is 19.1 Å². The Kier molecular flexibility index (Phi) is 3.68. The van der Waals surface area contributed by atoms with Crippen molar-refractivity contribution in [3.8, 4) is 0 Å². The predicted molar refractivity (Wildman–Crippen MR) is 66.9 cm³/mol. The van der Waals surface area contributed by atoms with Gasteiger partial charge in [-0.3, -0.25) is 10.1 Å². The van der Waals surface area contributed by atoms with Crippen molar-refractivity contribution in [2.24, 2.45) is 0 Å². The molecule has 1 amide bonds. The number of anilines is 1. The Bertz CT molecular complexity index is 407. The van der Waals surface area contributed by atoms with Gasteiger partial charge in [-0.1, -0.05) is 11.6 Å². The molecule has 1 unspecified atom stereocenters. The molecule has 1 aromatic heterocycles. The van der Waals surface area contributed by atoms with Gasteiger partial charge in [-0.25, -0.2) is 4.98 Å². The van der Waals surface area contributed by atoms with E-state index in [-0.39, 0.29) is 11.9 Å². The molecule has 2 heterocycles. The van der Waals surface area contributed by atoms with E-state index in [2.05, 4.69) is 15.6 Å². The molecule has 0 bridgehead atoms. The number of rotatable bonds is 2. The standard InChI is InChI=1S/C10H12ClN3OS/c1-6-7(2-3-9(11)13-6)14-10(15)8-4-16-5-12-8/h2-3,8,12H,4-5H2,1H3,(H,14,15). The van der Waals surface area contributed by atoms with Crippen molar-refractivity contribution < 1.29 is 4.79 Å². The van der Waals surface area contributed by atoms with Crippen LogP contribution in [0.4, 0.5) is 5.69 Å². The largest absolute Gasteiger partial charge is 0.323 e. The van der Waals surface area contributed by atoms with Gasteiger partial charge in [0.2, 0.25) is 5.91 Å². The third-order valence-electron chi connectivity index (χ3n) is 2.34. The zero-order valence-corrected chi connectivity index (χ0v) is 10.4. The van der Waals surface area contributed by atoms with Crippen LogP contribution in [0.3, 0.4) is 0 Å². The van der Waals surface area contributed by atoms with E-state index in [0.29, 0.717) is 10.8 Å². The minimum absolute atomic E-state index is 0.0165. The lowest BCUT2D eigenvalue weighted by Crippen LogP contribution is -2.37. The minimum Gasteiger partial charge on any atom is -0.323 e. The van der Waals surface area contributed by atoms with Gasteiger partial charge in [0.25, 0.3) is 0 Å². The molecule has 16 heavy (non-hydrogen) atoms. The molecule has 2 rings (SSSR count). The lowest BCUT2D eigenvalue weighted by Gasteiger charge is -2.11. The van der Waals surface area contributed by atoms with Crippen molar-refractivity contribution in [3.63, 3.8) is 0 Å². The summed E-state index contributed by atoms with van der Waals surface area (Å²) in [6, 6.07) is 3.33. The number of thioether (sulfide) groups is 1. The van der Waals surface area contributed by atoms with Crippen LogP contribution in [0.2, 0.25) is 5.15 Å². The Labute approximate surface area is 103 Å². The summed E-state index contributed by atoms with van der Waals surface area (Å²) < 4.78 is 0. The SMILES string of the molecule is Cc1nc(Cl)ccc1NC(=O)C1CSCN1. The maximum atomic E-state index is 11.8. The van der Waals surface area contributed by atoms with Crippen LogP contribution < -0.4 is 10.6 Å². The topological polar surface area (TPSA) is 54.0 Å². The predicted octanol–water partition coefficient (Wildman–Crippen LogP) is 1.64. The summed E-state index contributed by atoms with van der Waals surface area (Å²) in [5.74, 6) is 1.62. The van der Waals surface area contributed by atoms with E-state index in [1.54, 1.807) is 23.9 Å². The molecular weight excluding hydrogens is 246 g/mol. The van der Waals surface area contributed by atoms with Crippen LogP contribution in [0, 0.1) is 6.92 Å². The van der Waals surface area contributed by atoms with Gasteiger partial charge in [0.1, 0.15) is 5.15 Å². The van der Waals surface area contributed by atoms with Crippen molar-refractivity contribution in [1.29, 1.82) is 0 Å². The molecule has 0 radical (unpaired) electrons. The molecule has 1 atom stereocenters. The van der Waals surface area contributed by atoms with Gasteiger partial charge in [0.05, 0.1) is 17.4 Å². The summed E-state index contributed by atoms with van der Waals surface area (Å²) in [4.78, 5) is 15.9. The molecule has 6 heteroatoms. The van der Waals surface area contributed by atoms with Gasteiger partial charge >= 0.3 is 0 Å². The van der Waals surface area contributed by atoms with E-state index < -0.39 is 0 Å². The maximum Gasteiger partial charge on any atom is 0.242 e. The monoisotopic (exact) mass is 257 g/mol. The smallest absolute Gasteiger partial charge is 0.242 e. The number of nitrogens with zero attached hydrogens (tertiary/aromatic N) is 1. The van der Waals surface area contributed by atoms with Crippen molar-refractivity contribution in [2.45, 2.75) is 13.0 Å². The summed E-state index contributed by atoms with van der Waals surface area (Å²) in [5.41, 5.74) is 1.44. The van der Waals surface area contributed by atoms with Crippen LogP contribution in [0.15, 0.2) is 12.1 Å². The van der Waals surface area contributed by atoms with Crippen LogP contribution in [0.1, 0.15) is 5.69 Å². The van der Waals surface area contributed by atoms with Crippen LogP contribution >= 0.6 is 23.4 Å². The van der Waals surface area contributed by atoms with Gasteiger partial charge in [-0.2, -0.15) is 0 Å². The van der Waals surface area contributed by atoms with Crippen molar-refractivity contribution in [3.05, 3.63) is 23.0 Å². The molecule has 0 aliphatic carbocycles. The maximum absolute atomic E-state index is 11.8. The van der Waals surface area contributed by atoms with E-state index in [0.717, 1.165) is 17.3 Å². The number of hydrogen-bond donors (Lipinski definition) is 2. The highest BCUT2D eigenvalue weighted by molar-refractivity contribution is 7.99. The highest BCUT2D eigenvalue weighted by Crippen LogP contribution is 2.17. The molecule has 1 saturated heterocycles. The third kappa shape index (κ3) is 2.66. The molecule has 1 fully saturated rings. The Morgan fingerprint density at radius 1 is 1.69 bits per heavy atom. The Hall–Kier alpha value is -0.780. The second-order valence-electron chi connectivity index (χ2n) is 3.53. The second-order valence-corrected chi connectivity index (χ2v) is 4.95. The van der Waals surface area contributed by atoms with Gasteiger partial charge < -0.3 is 5.32 Å². The number of carbonyl (C=O) groups is 1. The fourth-order valence-electron chi connectivity index (χ4n) is 1.45. The molecule has 0 aromatic carbocycles. The number of amides is 1. The third-order valence-corrected chi connectivity index (χ3v) is 3.49. The first-order valence-electron chi connectivity index (χ1n) is 4.92. The number of aromatic nitrogens is 1. The van der Waals surface area contributed by atoms with Crippen LogP contribution in [0.5, 0.6) is 0 Å². The van der Waals surface area contributed by atoms with Crippen molar-refractivity contribution in [2.75, 3.05) is 16.9 Å². The Morgan fingerprint density at radius 3 is 3.12 bits per heavy atom. The first kappa shape index (κ1) is 11.7. The van der Waals surface area contributed by atoms with E-state index in [4.69, 9.17) is 11.6 Å². The molecule has 0 spiro atoms. The number of pyridine rings is 1. The molecule has 86 valence electrons. The fourth-order valence-corrected chi connectivity index (χ4v) is 2.58. The summed E-state index contributed by atoms with van der Waals surface area (Å²) in [6.07, 6.45) is 0. The van der Waals surface area contributed by atoms with E-state index in [1.165, 1.54) is 0 Å². The number of halogens is 1. The van der Waals surface area contributed by atoms with Gasteiger partial charge in [0, 0.05) is 11.6 Å². The number of aryl methyl sites for hydroxylation is 1. The van der Waals surface area contributed by atoms with E-state index in [1.807, 2.05) is 6.92 Å². The Balaban J connectivity index is 2.05. The number of nitrogens with one attached hydrogen (secondary N) is 2. The first-order valence-corrected chi connectivity index (χ1v) is 6.45. The minimum atomic E-state index is -0.111. The number of carbonyl (C=O) groups excluding carboxylic acids is 1. The zero-order chi connectivity index (χ0) is 11.5. The quantitative estimate of drug-likeness (QED) is 0.791. The van der Waals surface area contributed by atoms with Gasteiger partial charge in [0.15, 0.2) is 0 Å². The Morgan fingerprint density at radius 2 is 2.50 bits per heavy atom. The average molecular weight is 258 g/mol. The molecule has 1 aliphatic rings. The molecular formula is C10H12ClN3OS. The molecule has 1 aliphatic heterocycles. The number of hydrogen-bond acceptors (Lipinski definition) is 4. The lowest BCUT2D eigenvalue weighted by molar-refractivity contribution is -0.117. The zero-order valence-electron chi connectivity index (χ0n) is 8.79. The molecule has 0 saturated carbocycles. The molecule has 2 N–H and O–H groups in total. The lowest BCUT2D eigenvalue weighted by atomic mass is 10.2. The summed E-state index contributed by atoms with van der Waals surface area (Å²) in [7, 11) is 0.